The lowest BCUT2D eigenvalue weighted by Crippen LogP contribution is -2.27. The molecular weight excluding hydrogens is 362 g/mol. The molecule has 0 aliphatic heterocycles. The van der Waals surface area contributed by atoms with E-state index in [0.29, 0.717) is 16.9 Å². The number of aliphatic carboxylic acids is 1. The normalized spacial score (nSPS) is 11.0. The predicted octanol–water partition coefficient (Wildman–Crippen LogP) is 3.31. The van der Waals surface area contributed by atoms with Crippen LogP contribution in [0.1, 0.15) is 15.9 Å². The molecule has 5 nitrogen and oxygen atoms in total. The summed E-state index contributed by atoms with van der Waals surface area (Å²) in [5, 5.41) is 11.7. The lowest BCUT2D eigenvalue weighted by Gasteiger charge is -2.07. The molecule has 6 heteroatoms. The maximum Gasteiger partial charge on any atom is 0.352 e. The van der Waals surface area contributed by atoms with Crippen LogP contribution in [0.4, 0.5) is 0 Å². The molecule has 1 amide bonds. The van der Waals surface area contributed by atoms with Gasteiger partial charge in [-0.15, -0.1) is 0 Å². The van der Waals surface area contributed by atoms with Gasteiger partial charge in [0.25, 0.3) is 5.91 Å². The van der Waals surface area contributed by atoms with Gasteiger partial charge < -0.3 is 15.2 Å². The molecule has 0 bridgehead atoms. The van der Waals surface area contributed by atoms with E-state index in [4.69, 9.17) is 4.74 Å². The second kappa shape index (κ2) is 7.60. The fourth-order valence-corrected chi connectivity index (χ4v) is 2.08. The number of amides is 1. The van der Waals surface area contributed by atoms with Crippen LogP contribution in [-0.4, -0.2) is 24.1 Å². The van der Waals surface area contributed by atoms with Crippen molar-refractivity contribution in [2.24, 2.45) is 0 Å². The van der Waals surface area contributed by atoms with Crippen LogP contribution in [0.25, 0.3) is 6.08 Å². The van der Waals surface area contributed by atoms with Crippen molar-refractivity contribution in [3.63, 3.8) is 0 Å². The summed E-state index contributed by atoms with van der Waals surface area (Å²) in [6.45, 7) is 0. The van der Waals surface area contributed by atoms with Crippen LogP contribution in [0.15, 0.2) is 58.7 Å². The van der Waals surface area contributed by atoms with Gasteiger partial charge in [-0.3, -0.25) is 4.79 Å². The summed E-state index contributed by atoms with van der Waals surface area (Å²) in [5.41, 5.74) is 0.803. The lowest BCUT2D eigenvalue weighted by molar-refractivity contribution is -0.132. The molecule has 0 saturated carbocycles. The lowest BCUT2D eigenvalue weighted by atomic mass is 10.1. The van der Waals surface area contributed by atoms with Gasteiger partial charge in [0.05, 0.1) is 7.11 Å². The summed E-state index contributed by atoms with van der Waals surface area (Å²) < 4.78 is 5.88. The van der Waals surface area contributed by atoms with E-state index in [0.717, 1.165) is 4.47 Å². The number of ether oxygens (including phenoxy) is 1. The molecule has 2 rings (SSSR count). The van der Waals surface area contributed by atoms with Crippen LogP contribution in [-0.2, 0) is 4.79 Å². The van der Waals surface area contributed by atoms with Gasteiger partial charge in [-0.1, -0.05) is 28.1 Å². The zero-order valence-electron chi connectivity index (χ0n) is 12.2. The zero-order chi connectivity index (χ0) is 16.8. The number of carboxylic acids is 1. The van der Waals surface area contributed by atoms with Crippen molar-refractivity contribution in [1.29, 1.82) is 0 Å². The summed E-state index contributed by atoms with van der Waals surface area (Å²) in [6, 6.07) is 13.5. The average Bonchev–Trinajstić information content (AvgIpc) is 2.55. The van der Waals surface area contributed by atoms with Crippen LogP contribution in [0.2, 0.25) is 0 Å². The molecule has 0 aliphatic rings. The van der Waals surface area contributed by atoms with Gasteiger partial charge in [-0.25, -0.2) is 4.79 Å². The fourth-order valence-electron chi connectivity index (χ4n) is 1.81. The first-order chi connectivity index (χ1) is 11.0. The molecule has 0 atom stereocenters. The topological polar surface area (TPSA) is 75.6 Å². The Morgan fingerprint density at radius 3 is 2.22 bits per heavy atom. The number of benzene rings is 2. The molecule has 0 radical (unpaired) electrons. The van der Waals surface area contributed by atoms with Crippen molar-refractivity contribution in [3.8, 4) is 5.75 Å². The molecule has 2 aromatic rings. The Labute approximate surface area is 141 Å². The van der Waals surface area contributed by atoms with Crippen LogP contribution in [0.3, 0.4) is 0 Å². The first-order valence-electron chi connectivity index (χ1n) is 6.65. The number of nitrogens with one attached hydrogen (secondary N) is 1. The molecule has 0 fully saturated rings. The highest BCUT2D eigenvalue weighted by Crippen LogP contribution is 2.14. The first kappa shape index (κ1) is 16.8. The van der Waals surface area contributed by atoms with Gasteiger partial charge in [0.1, 0.15) is 11.4 Å². The summed E-state index contributed by atoms with van der Waals surface area (Å²) >= 11 is 3.28. The molecule has 0 saturated heterocycles. The third kappa shape index (κ3) is 4.69. The standard InChI is InChI=1S/C17H14BrNO4/c1-23-14-8-2-11(3-9-14)10-15(17(21)22)19-16(20)12-4-6-13(18)7-5-12/h2-10H,1H3,(H,19,20)(H,21,22). The Morgan fingerprint density at radius 1 is 1.09 bits per heavy atom. The Morgan fingerprint density at radius 2 is 1.70 bits per heavy atom. The van der Waals surface area contributed by atoms with Crippen molar-refractivity contribution in [3.05, 3.63) is 69.8 Å². The second-order valence-corrected chi connectivity index (χ2v) is 5.51. The molecule has 118 valence electrons. The third-order valence-corrected chi connectivity index (χ3v) is 3.54. The first-order valence-corrected chi connectivity index (χ1v) is 7.45. The highest BCUT2D eigenvalue weighted by molar-refractivity contribution is 9.10. The maximum absolute atomic E-state index is 12.1. The van der Waals surface area contributed by atoms with E-state index in [9.17, 15) is 14.7 Å². The van der Waals surface area contributed by atoms with E-state index in [1.54, 1.807) is 55.6 Å². The van der Waals surface area contributed by atoms with Crippen molar-refractivity contribution in [1.82, 2.24) is 5.32 Å². The molecule has 0 aromatic heterocycles. The molecule has 0 unspecified atom stereocenters. The molecule has 0 heterocycles. The molecule has 2 N–H and O–H groups in total. The minimum absolute atomic E-state index is 0.205. The Hall–Kier alpha value is -2.60. The zero-order valence-corrected chi connectivity index (χ0v) is 13.8. The van der Waals surface area contributed by atoms with Crippen molar-refractivity contribution in [2.75, 3.05) is 7.11 Å². The van der Waals surface area contributed by atoms with Crippen LogP contribution in [0.5, 0.6) is 5.75 Å². The highest BCUT2D eigenvalue weighted by Gasteiger charge is 2.13. The van der Waals surface area contributed by atoms with Gasteiger partial charge in [0.15, 0.2) is 0 Å². The molecular formula is C17H14BrNO4. The van der Waals surface area contributed by atoms with E-state index in [2.05, 4.69) is 21.2 Å². The maximum atomic E-state index is 12.1. The highest BCUT2D eigenvalue weighted by atomic mass is 79.9. The Bertz CT molecular complexity index is 736. The summed E-state index contributed by atoms with van der Waals surface area (Å²) in [5.74, 6) is -1.04. The van der Waals surface area contributed by atoms with Crippen molar-refractivity contribution >= 4 is 33.9 Å². The molecule has 0 spiro atoms. The monoisotopic (exact) mass is 375 g/mol. The molecule has 2 aromatic carbocycles. The number of hydrogen-bond acceptors (Lipinski definition) is 3. The Balaban J connectivity index is 2.20. The van der Waals surface area contributed by atoms with E-state index in [1.165, 1.54) is 6.08 Å². The quantitative estimate of drug-likeness (QED) is 0.786. The van der Waals surface area contributed by atoms with Crippen molar-refractivity contribution < 1.29 is 19.4 Å². The molecule has 0 aliphatic carbocycles. The molecule has 23 heavy (non-hydrogen) atoms. The van der Waals surface area contributed by atoms with Crippen LogP contribution in [0, 0.1) is 0 Å². The van der Waals surface area contributed by atoms with E-state index < -0.39 is 11.9 Å². The smallest absolute Gasteiger partial charge is 0.352 e. The third-order valence-electron chi connectivity index (χ3n) is 3.01. The van der Waals surface area contributed by atoms with Crippen LogP contribution >= 0.6 is 15.9 Å². The minimum atomic E-state index is -1.22. The summed E-state index contributed by atoms with van der Waals surface area (Å²) in [6.07, 6.45) is 1.39. The number of hydrogen-bond donors (Lipinski definition) is 2. The van der Waals surface area contributed by atoms with Gasteiger partial charge >= 0.3 is 5.97 Å². The van der Waals surface area contributed by atoms with E-state index in [-0.39, 0.29) is 5.70 Å². The minimum Gasteiger partial charge on any atom is -0.497 e. The van der Waals surface area contributed by atoms with Gasteiger partial charge in [-0.05, 0) is 48.0 Å². The summed E-state index contributed by atoms with van der Waals surface area (Å²) in [7, 11) is 1.55. The van der Waals surface area contributed by atoms with E-state index >= 15 is 0 Å². The van der Waals surface area contributed by atoms with Gasteiger partial charge in [0, 0.05) is 10.0 Å². The number of carbonyl (C=O) groups is 2. The second-order valence-electron chi connectivity index (χ2n) is 4.60. The average molecular weight is 376 g/mol. The predicted molar refractivity (Wildman–Crippen MR) is 90.2 cm³/mol. The van der Waals surface area contributed by atoms with Crippen LogP contribution < -0.4 is 10.1 Å². The van der Waals surface area contributed by atoms with Gasteiger partial charge in [-0.2, -0.15) is 0 Å². The van der Waals surface area contributed by atoms with Gasteiger partial charge in [0.2, 0.25) is 0 Å². The number of carboxylic acid groups (broad SMARTS) is 1. The largest absolute Gasteiger partial charge is 0.497 e. The fraction of sp³-hybridized carbons (Fsp3) is 0.0588. The SMILES string of the molecule is COc1ccc(C=C(NC(=O)c2ccc(Br)cc2)C(=O)O)cc1. The van der Waals surface area contributed by atoms with E-state index in [1.807, 2.05) is 0 Å². The van der Waals surface area contributed by atoms with Crippen molar-refractivity contribution in [2.45, 2.75) is 0 Å². The number of halogens is 1. The number of carbonyl (C=O) groups excluding carboxylic acids is 1. The Kier molecular flexibility index (Phi) is 5.54. The number of methoxy groups -OCH3 is 1. The number of rotatable bonds is 5. The summed E-state index contributed by atoms with van der Waals surface area (Å²) in [4.78, 5) is 23.4.